The highest BCUT2D eigenvalue weighted by atomic mass is 32.2. The van der Waals surface area contributed by atoms with Gasteiger partial charge in [-0.05, 0) is 18.2 Å². The molecule has 1 aliphatic heterocycles. The molecule has 1 aromatic rings. The highest BCUT2D eigenvalue weighted by Gasteiger charge is 2.23. The van der Waals surface area contributed by atoms with Crippen LogP contribution in [-0.4, -0.2) is 47.3 Å². The van der Waals surface area contributed by atoms with Gasteiger partial charge in [-0.15, -0.1) is 0 Å². The molecule has 0 spiro atoms. The number of piperazine rings is 1. The van der Waals surface area contributed by atoms with Gasteiger partial charge in [0.05, 0.1) is 10.6 Å². The van der Waals surface area contributed by atoms with Gasteiger partial charge in [-0.25, -0.2) is 13.6 Å². The summed E-state index contributed by atoms with van der Waals surface area (Å²) in [6.45, 7) is 1.89. The van der Waals surface area contributed by atoms with Crippen LogP contribution in [0.3, 0.4) is 0 Å². The maximum atomic E-state index is 12.1. The van der Waals surface area contributed by atoms with Crippen LogP contribution in [0.5, 0.6) is 0 Å². The summed E-state index contributed by atoms with van der Waals surface area (Å²) < 4.78 is 50.4. The van der Waals surface area contributed by atoms with Gasteiger partial charge in [-0.1, -0.05) is 6.07 Å². The van der Waals surface area contributed by atoms with Crippen molar-refractivity contribution in [2.45, 2.75) is 4.90 Å². The van der Waals surface area contributed by atoms with E-state index in [-0.39, 0.29) is 10.6 Å². The molecule has 1 heterocycles. The minimum absolute atomic E-state index is 0.141. The molecule has 1 saturated heterocycles. The van der Waals surface area contributed by atoms with E-state index in [4.69, 9.17) is 5.14 Å². The van der Waals surface area contributed by atoms with E-state index < -0.39 is 20.2 Å². The Labute approximate surface area is 118 Å². The third kappa shape index (κ3) is 3.67. The predicted octanol–water partition coefficient (Wildman–Crippen LogP) is -1.10. The Bertz CT molecular complexity index is 681. The van der Waals surface area contributed by atoms with Gasteiger partial charge in [0.15, 0.2) is 0 Å². The van der Waals surface area contributed by atoms with Crippen molar-refractivity contribution in [2.75, 3.05) is 30.9 Å². The molecular weight excluding hydrogens is 304 g/mol. The van der Waals surface area contributed by atoms with Crippen LogP contribution < -0.4 is 15.2 Å². The van der Waals surface area contributed by atoms with Gasteiger partial charge >= 0.3 is 10.2 Å². The zero-order valence-electron chi connectivity index (χ0n) is 10.6. The van der Waals surface area contributed by atoms with Crippen molar-refractivity contribution < 1.29 is 16.8 Å². The minimum atomic E-state index is -3.86. The van der Waals surface area contributed by atoms with Gasteiger partial charge in [0.2, 0.25) is 10.0 Å². The predicted molar refractivity (Wildman–Crippen MR) is 74.8 cm³/mol. The molecule has 0 atom stereocenters. The average Bonchev–Trinajstić information content (AvgIpc) is 2.38. The summed E-state index contributed by atoms with van der Waals surface area (Å²) in [6.07, 6.45) is 0. The smallest absolute Gasteiger partial charge is 0.301 e. The average molecular weight is 320 g/mol. The molecule has 4 N–H and O–H groups in total. The first-order valence-electron chi connectivity index (χ1n) is 5.90. The number of benzene rings is 1. The van der Waals surface area contributed by atoms with Crippen LogP contribution in [0.15, 0.2) is 29.2 Å². The maximum Gasteiger partial charge on any atom is 0.301 e. The van der Waals surface area contributed by atoms with Crippen molar-refractivity contribution in [1.29, 1.82) is 0 Å². The first-order chi connectivity index (χ1) is 9.29. The zero-order chi connectivity index (χ0) is 14.8. The lowest BCUT2D eigenvalue weighted by atomic mass is 10.3. The van der Waals surface area contributed by atoms with Gasteiger partial charge in [0.25, 0.3) is 0 Å². The van der Waals surface area contributed by atoms with Gasteiger partial charge in [0, 0.05) is 26.2 Å². The molecule has 2 rings (SSSR count). The van der Waals surface area contributed by atoms with Crippen molar-refractivity contribution in [3.05, 3.63) is 24.3 Å². The molecule has 10 heteroatoms. The molecule has 0 bridgehead atoms. The van der Waals surface area contributed by atoms with Crippen molar-refractivity contribution >= 4 is 25.9 Å². The Morgan fingerprint density at radius 3 is 2.40 bits per heavy atom. The van der Waals surface area contributed by atoms with E-state index in [1.165, 1.54) is 28.6 Å². The Balaban J connectivity index is 2.21. The van der Waals surface area contributed by atoms with E-state index in [0.717, 1.165) is 0 Å². The third-order valence-corrected chi connectivity index (χ3v) is 5.27. The van der Waals surface area contributed by atoms with Gasteiger partial charge in [0.1, 0.15) is 0 Å². The topological polar surface area (TPSA) is 122 Å². The first kappa shape index (κ1) is 15.2. The fraction of sp³-hybridized carbons (Fsp3) is 0.400. The molecule has 1 aliphatic rings. The molecule has 20 heavy (non-hydrogen) atoms. The van der Waals surface area contributed by atoms with Crippen LogP contribution in [0.25, 0.3) is 0 Å². The van der Waals surface area contributed by atoms with Crippen LogP contribution in [0.2, 0.25) is 0 Å². The van der Waals surface area contributed by atoms with Crippen LogP contribution in [0.1, 0.15) is 0 Å². The van der Waals surface area contributed by atoms with E-state index >= 15 is 0 Å². The summed E-state index contributed by atoms with van der Waals surface area (Å²) in [4.78, 5) is -0.141. The summed E-state index contributed by atoms with van der Waals surface area (Å²) in [5.74, 6) is 0. The van der Waals surface area contributed by atoms with Crippen LogP contribution >= 0.6 is 0 Å². The molecule has 0 amide bonds. The molecule has 112 valence electrons. The van der Waals surface area contributed by atoms with E-state index in [2.05, 4.69) is 10.0 Å². The molecule has 8 nitrogen and oxygen atoms in total. The Kier molecular flexibility index (Phi) is 4.30. The van der Waals surface area contributed by atoms with Gasteiger partial charge < -0.3 is 5.32 Å². The molecule has 1 fully saturated rings. The Hall–Kier alpha value is -1.20. The second-order valence-corrected chi connectivity index (χ2v) is 7.56. The minimum Gasteiger partial charge on any atom is -0.314 e. The van der Waals surface area contributed by atoms with Crippen molar-refractivity contribution in [3.8, 4) is 0 Å². The number of rotatable bonds is 4. The fourth-order valence-electron chi connectivity index (χ4n) is 1.83. The van der Waals surface area contributed by atoms with Crippen molar-refractivity contribution in [3.63, 3.8) is 0 Å². The largest absolute Gasteiger partial charge is 0.314 e. The van der Waals surface area contributed by atoms with E-state index in [1.807, 2.05) is 0 Å². The lowest BCUT2D eigenvalue weighted by molar-refractivity contribution is 0.362. The maximum absolute atomic E-state index is 12.1. The number of hydrogen-bond acceptors (Lipinski definition) is 5. The molecule has 0 radical (unpaired) electrons. The van der Waals surface area contributed by atoms with E-state index in [1.54, 1.807) is 0 Å². The van der Waals surface area contributed by atoms with E-state index in [0.29, 0.717) is 26.2 Å². The standard InChI is InChI=1S/C10H16N4O4S2/c11-19(15,16)10-3-1-2-9(8-10)13-20(17,18)14-6-4-12-5-7-14/h1-3,8,12-13H,4-7H2,(H2,11,15,16). The van der Waals surface area contributed by atoms with Crippen molar-refractivity contribution in [2.24, 2.45) is 5.14 Å². The number of anilines is 1. The monoisotopic (exact) mass is 320 g/mol. The normalized spacial score (nSPS) is 17.9. The number of primary sulfonamides is 1. The summed E-state index contributed by atoms with van der Waals surface area (Å²) >= 11 is 0. The lowest BCUT2D eigenvalue weighted by Gasteiger charge is -2.26. The highest BCUT2D eigenvalue weighted by Crippen LogP contribution is 2.16. The lowest BCUT2D eigenvalue weighted by Crippen LogP contribution is -2.48. The molecule has 0 aliphatic carbocycles. The second kappa shape index (κ2) is 5.66. The zero-order valence-corrected chi connectivity index (χ0v) is 12.2. The third-order valence-electron chi connectivity index (χ3n) is 2.83. The first-order valence-corrected chi connectivity index (χ1v) is 8.89. The summed E-state index contributed by atoms with van der Waals surface area (Å²) in [5, 5.41) is 8.06. The molecule has 1 aromatic carbocycles. The van der Waals surface area contributed by atoms with Gasteiger partial charge in [-0.2, -0.15) is 12.7 Å². The molecule has 0 unspecified atom stereocenters. The number of nitrogens with one attached hydrogen (secondary N) is 2. The SMILES string of the molecule is NS(=O)(=O)c1cccc(NS(=O)(=O)N2CCNCC2)c1. The number of sulfonamides is 1. The second-order valence-electron chi connectivity index (χ2n) is 4.33. The molecule has 0 aromatic heterocycles. The number of nitrogens with zero attached hydrogens (tertiary/aromatic N) is 1. The molecular formula is C10H16N4O4S2. The van der Waals surface area contributed by atoms with Gasteiger partial charge in [-0.3, -0.25) is 4.72 Å². The van der Waals surface area contributed by atoms with Crippen LogP contribution in [0, 0.1) is 0 Å². The quantitative estimate of drug-likeness (QED) is 0.650. The highest BCUT2D eigenvalue weighted by molar-refractivity contribution is 7.90. The van der Waals surface area contributed by atoms with Crippen LogP contribution in [0.4, 0.5) is 5.69 Å². The molecule has 0 saturated carbocycles. The summed E-state index contributed by atoms with van der Waals surface area (Å²) in [5.41, 5.74) is 0.162. The van der Waals surface area contributed by atoms with E-state index in [9.17, 15) is 16.8 Å². The number of nitrogens with two attached hydrogens (primary N) is 1. The van der Waals surface area contributed by atoms with Crippen molar-refractivity contribution in [1.82, 2.24) is 9.62 Å². The number of hydrogen-bond donors (Lipinski definition) is 3. The Morgan fingerprint density at radius 1 is 1.15 bits per heavy atom. The Morgan fingerprint density at radius 2 is 1.80 bits per heavy atom. The summed E-state index contributed by atoms with van der Waals surface area (Å²) in [6, 6.07) is 5.39. The summed E-state index contributed by atoms with van der Waals surface area (Å²) in [7, 11) is -7.56. The van der Waals surface area contributed by atoms with Crippen LogP contribution in [-0.2, 0) is 20.2 Å². The fourth-order valence-corrected chi connectivity index (χ4v) is 3.61.